The zero-order valence-corrected chi connectivity index (χ0v) is 7.78. The minimum Gasteiger partial charge on any atom is -0.480 e. The van der Waals surface area contributed by atoms with E-state index < -0.39 is 12.0 Å². The highest BCUT2D eigenvalue weighted by atomic mass is 16.4. The summed E-state index contributed by atoms with van der Waals surface area (Å²) in [5, 5.41) is 11.4. The molecule has 0 aliphatic rings. The Hall–Kier alpha value is -1.62. The molecule has 1 rings (SSSR count). The van der Waals surface area contributed by atoms with Crippen LogP contribution in [0.4, 0.5) is 0 Å². The highest BCUT2D eigenvalue weighted by molar-refractivity contribution is 5.73. The van der Waals surface area contributed by atoms with E-state index in [0.29, 0.717) is 6.42 Å². The number of carboxylic acid groups (broad SMARTS) is 1. The molecule has 1 heterocycles. The Bertz CT molecular complexity index is 352. The zero-order valence-electron chi connectivity index (χ0n) is 7.78. The summed E-state index contributed by atoms with van der Waals surface area (Å²) in [5.41, 5.74) is 0.594. The number of aromatic nitrogens is 1. The van der Waals surface area contributed by atoms with Crippen LogP contribution < -0.4 is 10.9 Å². The van der Waals surface area contributed by atoms with E-state index in [-0.39, 0.29) is 5.56 Å². The molecule has 1 aromatic heterocycles. The van der Waals surface area contributed by atoms with E-state index in [9.17, 15) is 9.59 Å². The first kappa shape index (κ1) is 10.5. The van der Waals surface area contributed by atoms with Crippen molar-refractivity contribution >= 4 is 5.97 Å². The van der Waals surface area contributed by atoms with Crippen molar-refractivity contribution < 1.29 is 9.90 Å². The predicted octanol–water partition coefficient (Wildman–Crippen LogP) is -0.410. The van der Waals surface area contributed by atoms with Gasteiger partial charge in [0.15, 0.2) is 0 Å². The monoisotopic (exact) mass is 196 g/mol. The Labute approximate surface area is 80.8 Å². The number of aromatic amines is 1. The Morgan fingerprint density at radius 3 is 2.79 bits per heavy atom. The maximum Gasteiger partial charge on any atom is 0.321 e. The third-order valence-electron chi connectivity index (χ3n) is 1.93. The quantitative estimate of drug-likeness (QED) is 0.611. The van der Waals surface area contributed by atoms with Gasteiger partial charge in [0.05, 0.1) is 0 Å². The van der Waals surface area contributed by atoms with Gasteiger partial charge in [-0.2, -0.15) is 0 Å². The molecule has 0 saturated carbocycles. The summed E-state index contributed by atoms with van der Waals surface area (Å²) in [6, 6.07) is 2.37. The molecule has 1 aromatic rings. The lowest BCUT2D eigenvalue weighted by Gasteiger charge is -2.10. The van der Waals surface area contributed by atoms with E-state index in [1.807, 2.05) is 0 Å². The lowest BCUT2D eigenvalue weighted by atomic mass is 10.1. The van der Waals surface area contributed by atoms with Crippen molar-refractivity contribution in [2.45, 2.75) is 12.5 Å². The highest BCUT2D eigenvalue weighted by Crippen LogP contribution is 1.99. The maximum absolute atomic E-state index is 10.7. The molecule has 0 amide bonds. The van der Waals surface area contributed by atoms with Crippen molar-refractivity contribution in [2.75, 3.05) is 7.05 Å². The average Bonchev–Trinajstić information content (AvgIpc) is 2.16. The van der Waals surface area contributed by atoms with Crippen molar-refractivity contribution in [3.63, 3.8) is 0 Å². The fraction of sp³-hybridized carbons (Fsp3) is 0.333. The van der Waals surface area contributed by atoms with E-state index in [1.54, 1.807) is 13.1 Å². The molecule has 5 nitrogen and oxygen atoms in total. The van der Waals surface area contributed by atoms with Gasteiger partial charge in [-0.05, 0) is 19.0 Å². The lowest BCUT2D eigenvalue weighted by molar-refractivity contribution is -0.139. The molecule has 0 bridgehead atoms. The molecule has 0 aliphatic heterocycles. The van der Waals surface area contributed by atoms with Gasteiger partial charge in [-0.25, -0.2) is 0 Å². The molecule has 1 unspecified atom stereocenters. The van der Waals surface area contributed by atoms with Crippen molar-refractivity contribution in [1.29, 1.82) is 0 Å². The first-order valence-electron chi connectivity index (χ1n) is 4.21. The normalized spacial score (nSPS) is 12.4. The standard InChI is InChI=1S/C9H12N2O3/c1-10-7(9(13)14)4-6-2-3-8(12)11-5-6/h2-3,5,7,10H,4H2,1H3,(H,11,12)(H,13,14). The average molecular weight is 196 g/mol. The summed E-state index contributed by atoms with van der Waals surface area (Å²) in [7, 11) is 1.59. The summed E-state index contributed by atoms with van der Waals surface area (Å²) >= 11 is 0. The molecule has 3 N–H and O–H groups in total. The van der Waals surface area contributed by atoms with Crippen LogP contribution in [-0.4, -0.2) is 29.1 Å². The number of H-pyrrole nitrogens is 1. The van der Waals surface area contributed by atoms with Crippen molar-refractivity contribution in [1.82, 2.24) is 10.3 Å². The molecule has 0 radical (unpaired) electrons. The van der Waals surface area contributed by atoms with E-state index in [0.717, 1.165) is 5.56 Å². The summed E-state index contributed by atoms with van der Waals surface area (Å²) < 4.78 is 0. The number of pyridine rings is 1. The zero-order chi connectivity index (χ0) is 10.6. The van der Waals surface area contributed by atoms with Crippen LogP contribution in [-0.2, 0) is 11.2 Å². The van der Waals surface area contributed by atoms with Gasteiger partial charge >= 0.3 is 5.97 Å². The number of likely N-dealkylation sites (N-methyl/N-ethyl adjacent to an activating group) is 1. The number of nitrogens with one attached hydrogen (secondary N) is 2. The highest BCUT2D eigenvalue weighted by Gasteiger charge is 2.14. The number of rotatable bonds is 4. The Kier molecular flexibility index (Phi) is 3.41. The van der Waals surface area contributed by atoms with Crippen molar-refractivity contribution in [2.24, 2.45) is 0 Å². The van der Waals surface area contributed by atoms with Crippen LogP contribution in [0.2, 0.25) is 0 Å². The van der Waals surface area contributed by atoms with Gasteiger partial charge < -0.3 is 15.4 Å². The summed E-state index contributed by atoms with van der Waals surface area (Å²) in [6.07, 6.45) is 1.87. The third kappa shape index (κ3) is 2.70. The number of hydrogen-bond acceptors (Lipinski definition) is 3. The number of aliphatic carboxylic acids is 1. The van der Waals surface area contributed by atoms with Gasteiger partial charge in [-0.3, -0.25) is 9.59 Å². The number of hydrogen-bond donors (Lipinski definition) is 3. The molecule has 0 aromatic carbocycles. The molecular formula is C9H12N2O3. The van der Waals surface area contributed by atoms with Crippen LogP contribution in [0.15, 0.2) is 23.1 Å². The largest absolute Gasteiger partial charge is 0.480 e. The molecule has 76 valence electrons. The Morgan fingerprint density at radius 2 is 2.36 bits per heavy atom. The molecule has 5 heteroatoms. The molecule has 0 fully saturated rings. The first-order valence-corrected chi connectivity index (χ1v) is 4.21. The maximum atomic E-state index is 10.7. The lowest BCUT2D eigenvalue weighted by Crippen LogP contribution is -2.35. The van der Waals surface area contributed by atoms with E-state index in [1.165, 1.54) is 12.3 Å². The van der Waals surface area contributed by atoms with E-state index in [4.69, 9.17) is 5.11 Å². The van der Waals surface area contributed by atoms with Crippen LogP contribution >= 0.6 is 0 Å². The van der Waals surface area contributed by atoms with Crippen molar-refractivity contribution in [3.05, 3.63) is 34.2 Å². The molecule has 1 atom stereocenters. The molecule has 14 heavy (non-hydrogen) atoms. The van der Waals surface area contributed by atoms with Crippen molar-refractivity contribution in [3.8, 4) is 0 Å². The van der Waals surface area contributed by atoms with Crippen LogP contribution in [0.5, 0.6) is 0 Å². The van der Waals surface area contributed by atoms with Gasteiger partial charge in [0, 0.05) is 12.3 Å². The Morgan fingerprint density at radius 1 is 1.64 bits per heavy atom. The van der Waals surface area contributed by atoms with Crippen LogP contribution in [0.25, 0.3) is 0 Å². The molecule has 0 aliphatic carbocycles. The minimum absolute atomic E-state index is 0.190. The fourth-order valence-corrected chi connectivity index (χ4v) is 1.12. The summed E-state index contributed by atoms with van der Waals surface area (Å²) in [6.45, 7) is 0. The van der Waals surface area contributed by atoms with E-state index >= 15 is 0 Å². The Balaban J connectivity index is 2.72. The SMILES string of the molecule is CNC(Cc1ccc(=O)[nH]c1)C(=O)O. The molecular weight excluding hydrogens is 184 g/mol. The second-order valence-electron chi connectivity index (χ2n) is 2.94. The first-order chi connectivity index (χ1) is 6.63. The van der Waals surface area contributed by atoms with Gasteiger partial charge in [-0.1, -0.05) is 6.07 Å². The van der Waals surface area contributed by atoms with Crippen LogP contribution in [0, 0.1) is 0 Å². The third-order valence-corrected chi connectivity index (χ3v) is 1.93. The van der Waals surface area contributed by atoms with Gasteiger partial charge in [0.1, 0.15) is 6.04 Å². The van der Waals surface area contributed by atoms with Gasteiger partial charge in [0.2, 0.25) is 5.56 Å². The number of carbonyl (C=O) groups is 1. The van der Waals surface area contributed by atoms with Gasteiger partial charge in [0.25, 0.3) is 0 Å². The fourth-order valence-electron chi connectivity index (χ4n) is 1.12. The molecule has 0 saturated heterocycles. The second kappa shape index (κ2) is 4.57. The van der Waals surface area contributed by atoms with E-state index in [2.05, 4.69) is 10.3 Å². The topological polar surface area (TPSA) is 82.2 Å². The molecule has 0 spiro atoms. The predicted molar refractivity (Wildman–Crippen MR) is 51.3 cm³/mol. The van der Waals surface area contributed by atoms with Crippen LogP contribution in [0.1, 0.15) is 5.56 Å². The number of carboxylic acids is 1. The summed E-state index contributed by atoms with van der Waals surface area (Å²) in [5.74, 6) is -0.904. The second-order valence-corrected chi connectivity index (χ2v) is 2.94. The minimum atomic E-state index is -0.904. The summed E-state index contributed by atoms with van der Waals surface area (Å²) in [4.78, 5) is 23.9. The van der Waals surface area contributed by atoms with Crippen LogP contribution in [0.3, 0.4) is 0 Å². The van der Waals surface area contributed by atoms with Gasteiger partial charge in [-0.15, -0.1) is 0 Å². The smallest absolute Gasteiger partial charge is 0.321 e.